The van der Waals surface area contributed by atoms with Gasteiger partial charge < -0.3 is 56.0 Å². The van der Waals surface area contributed by atoms with E-state index in [-0.39, 0.29) is 48.2 Å². The van der Waals surface area contributed by atoms with E-state index in [2.05, 4.69) is 34.4 Å². The Bertz CT molecular complexity index is 1870. The lowest BCUT2D eigenvalue weighted by Gasteiger charge is -2.30. The number of unbranched alkanes of at least 4 members (excludes halogenated alkanes) is 6. The maximum Gasteiger partial charge on any atom is 0.481 e. The number of fused-ring (bicyclic) bond motifs is 1. The number of aliphatic hydroxyl groups excluding tert-OH is 3. The zero-order valence-corrected chi connectivity index (χ0v) is 36.4. The van der Waals surface area contributed by atoms with Gasteiger partial charge in [0.1, 0.15) is 36.3 Å². The second-order valence-corrected chi connectivity index (χ2v) is 19.6. The normalized spacial score (nSPS) is 21.0. The van der Waals surface area contributed by atoms with Crippen molar-refractivity contribution in [1.29, 1.82) is 0 Å². The summed E-state index contributed by atoms with van der Waals surface area (Å²) in [7, 11) is -16.4. The number of amides is 2. The van der Waals surface area contributed by atoms with Crippen molar-refractivity contribution in [3.63, 3.8) is 0 Å². The molecule has 2 aromatic rings. The molecule has 0 bridgehead atoms. The molecule has 0 aromatic carbocycles. The number of nitrogens with zero attached hydrogens (tertiary/aromatic N) is 4. The number of carbonyl (C=O) groups excluding carboxylic acids is 3. The largest absolute Gasteiger partial charge is 0.481 e. The molecule has 7 atom stereocenters. The smallest absolute Gasteiger partial charge is 0.396 e. The molecule has 0 radical (unpaired) electrons. The zero-order chi connectivity index (χ0) is 44.7. The molecular weight excluding hydrogens is 883 g/mol. The van der Waals surface area contributed by atoms with E-state index in [0.717, 1.165) is 73.9 Å². The minimum Gasteiger partial charge on any atom is -0.396 e. The predicted octanol–water partition coefficient (Wildman–Crippen LogP) is 0.778. The highest BCUT2D eigenvalue weighted by molar-refractivity contribution is 8.13. The molecule has 1 aliphatic heterocycles. The van der Waals surface area contributed by atoms with Gasteiger partial charge in [-0.1, -0.05) is 57.7 Å². The summed E-state index contributed by atoms with van der Waals surface area (Å²) in [5.41, 5.74) is 4.26. The van der Waals surface area contributed by atoms with Crippen LogP contribution in [0.5, 0.6) is 0 Å². The summed E-state index contributed by atoms with van der Waals surface area (Å²) in [4.78, 5) is 87.8. The van der Waals surface area contributed by atoms with Crippen LogP contribution in [0.15, 0.2) is 12.7 Å². The third-order valence-corrected chi connectivity index (χ3v) is 12.8. The Morgan fingerprint density at radius 2 is 1.60 bits per heavy atom. The van der Waals surface area contributed by atoms with Crippen LogP contribution in [0.1, 0.15) is 77.9 Å². The first-order valence-electron chi connectivity index (χ1n) is 18.7. The van der Waals surface area contributed by atoms with Crippen molar-refractivity contribution in [1.82, 2.24) is 30.2 Å². The van der Waals surface area contributed by atoms with Gasteiger partial charge >= 0.3 is 23.5 Å². The molecule has 0 saturated carbocycles. The van der Waals surface area contributed by atoms with Gasteiger partial charge in [-0.15, -0.1) is 0 Å². The number of rotatable bonds is 28. The van der Waals surface area contributed by atoms with Crippen LogP contribution >= 0.6 is 35.2 Å². The molecule has 25 nitrogen and oxygen atoms in total. The van der Waals surface area contributed by atoms with Crippen molar-refractivity contribution in [3.05, 3.63) is 12.7 Å². The van der Waals surface area contributed by atoms with Crippen LogP contribution < -0.4 is 16.4 Å². The fourth-order valence-corrected chi connectivity index (χ4v) is 9.18. The monoisotopic (exact) mass is 937 g/mol. The predicted molar refractivity (Wildman–Crippen MR) is 211 cm³/mol. The van der Waals surface area contributed by atoms with Crippen LogP contribution in [-0.2, 0) is 50.7 Å². The molecule has 3 heterocycles. The Balaban J connectivity index is 1.40. The molecule has 3 rings (SSSR count). The van der Waals surface area contributed by atoms with Gasteiger partial charge in [0, 0.05) is 43.7 Å². The maximum atomic E-state index is 12.7. The fourth-order valence-electron chi connectivity index (χ4n) is 5.63. The lowest BCUT2D eigenvalue weighted by Crippen LogP contribution is -2.46. The van der Waals surface area contributed by atoms with Crippen molar-refractivity contribution in [2.45, 2.75) is 102 Å². The molecule has 0 aliphatic carbocycles. The van der Waals surface area contributed by atoms with Crippen molar-refractivity contribution >= 4 is 69.1 Å². The van der Waals surface area contributed by atoms with Crippen molar-refractivity contribution in [3.8, 4) is 0 Å². The number of thioether (sulfide) groups is 1. The number of aromatic nitrogens is 4. The molecule has 2 unspecified atom stereocenters. The molecule has 2 aromatic heterocycles. The molecule has 0 spiro atoms. The number of nitrogens with two attached hydrogens (primary N) is 1. The third-order valence-electron chi connectivity index (χ3n) is 8.80. The number of anilines is 1. The Hall–Kier alpha value is -2.48. The lowest BCUT2D eigenvalue weighted by molar-refractivity contribution is -0.137. The number of carbonyl (C=O) groups is 3. The molecule has 342 valence electrons. The van der Waals surface area contributed by atoms with Crippen molar-refractivity contribution in [2.75, 3.05) is 44.4 Å². The van der Waals surface area contributed by atoms with Crippen LogP contribution in [-0.4, -0.2) is 134 Å². The van der Waals surface area contributed by atoms with E-state index in [1.807, 2.05) is 0 Å². The summed E-state index contributed by atoms with van der Waals surface area (Å²) in [6.45, 7) is 0.716. The fraction of sp³-hybridized carbons (Fsp3) is 0.742. The van der Waals surface area contributed by atoms with Crippen LogP contribution in [0, 0.1) is 5.41 Å². The number of phosphoric acid groups is 3. The zero-order valence-electron chi connectivity index (χ0n) is 32.9. The average Bonchev–Trinajstić information content (AvgIpc) is 3.72. The summed E-state index contributed by atoms with van der Waals surface area (Å²) >= 11 is 1.12. The molecule has 11 N–H and O–H groups in total. The highest BCUT2D eigenvalue weighted by Gasteiger charge is 2.50. The molecule has 1 aliphatic rings. The first-order valence-corrected chi connectivity index (χ1v) is 24.2. The summed E-state index contributed by atoms with van der Waals surface area (Å²) in [6, 6.07) is 0. The van der Waals surface area contributed by atoms with Gasteiger partial charge in [-0.2, -0.15) is 4.31 Å². The molecular formula is C31H54N7O18P3S. The average molecular weight is 938 g/mol. The van der Waals surface area contributed by atoms with E-state index in [0.29, 0.717) is 12.2 Å². The van der Waals surface area contributed by atoms with Gasteiger partial charge in [0.2, 0.25) is 11.8 Å². The maximum absolute atomic E-state index is 12.7. The topological polar surface area (TPSA) is 384 Å². The van der Waals surface area contributed by atoms with Crippen LogP contribution in [0.3, 0.4) is 0 Å². The Morgan fingerprint density at radius 1 is 0.950 bits per heavy atom. The van der Waals surface area contributed by atoms with Gasteiger partial charge in [0.25, 0.3) is 0 Å². The minimum absolute atomic E-state index is 0.0291. The standard InChI is InChI=1S/C31H54N7O18P3S/c1-31(2,26(43)29(44)34-12-11-21(40)33-13-15-60-22(41)10-8-6-4-3-5-7-9-14-39)17-53-59(50,51)56-58(48,49)52-16-20-25(55-57(45,46)47)24(42)30(54-20)38-19-37-23-27(32)35-18-36-28(23)38/h18-20,24-26,30,39,42-43H,3-17H2,1-2H3,(H,33,40)(H,34,44)(H,48,49)(H,50,51)(H2,32,35,36)(H2,45,46,47)/t20-,24-,25-,26+,30-/m1/s1. The lowest BCUT2D eigenvalue weighted by atomic mass is 9.87. The van der Waals surface area contributed by atoms with Gasteiger partial charge in [-0.25, -0.2) is 28.6 Å². The van der Waals surface area contributed by atoms with Gasteiger partial charge in [-0.05, 0) is 12.8 Å². The van der Waals surface area contributed by atoms with Gasteiger partial charge in [0.15, 0.2) is 22.8 Å². The Morgan fingerprint density at radius 3 is 2.27 bits per heavy atom. The summed E-state index contributed by atoms with van der Waals surface area (Å²) < 4.78 is 62.2. The Labute approximate surface area is 348 Å². The summed E-state index contributed by atoms with van der Waals surface area (Å²) in [5.74, 6) is -1.08. The van der Waals surface area contributed by atoms with E-state index in [1.165, 1.54) is 13.8 Å². The number of hydrogen-bond acceptors (Lipinski definition) is 19. The number of phosphoric ester groups is 3. The van der Waals surface area contributed by atoms with E-state index >= 15 is 0 Å². The SMILES string of the molecule is CC(C)(COP(=O)(O)OP(=O)(O)OC[C@H]1O[C@@H](n2cnc3c(N)ncnc32)[C@H](O)[C@@H]1OP(=O)(O)O)[C@@H](O)C(=O)NCCC(=O)NCCSC(=O)CCCCCCCCCO. The van der Waals surface area contributed by atoms with E-state index in [4.69, 9.17) is 24.6 Å². The quantitative estimate of drug-likeness (QED) is 0.0416. The number of imidazole rings is 1. The van der Waals surface area contributed by atoms with Crippen molar-refractivity contribution in [2.24, 2.45) is 5.41 Å². The van der Waals surface area contributed by atoms with E-state index < -0.39 is 84.6 Å². The third kappa shape index (κ3) is 17.4. The van der Waals surface area contributed by atoms with Crippen molar-refractivity contribution < 1.29 is 85.6 Å². The molecule has 29 heteroatoms. The summed E-state index contributed by atoms with van der Waals surface area (Å²) in [5, 5.41) is 35.3. The number of nitrogen functional groups attached to an aromatic ring is 1. The minimum atomic E-state index is -5.57. The highest BCUT2D eigenvalue weighted by atomic mass is 32.2. The highest BCUT2D eigenvalue weighted by Crippen LogP contribution is 2.61. The number of aliphatic hydroxyl groups is 3. The van der Waals surface area contributed by atoms with E-state index in [1.54, 1.807) is 0 Å². The molecule has 2 amide bonds. The molecule has 1 saturated heterocycles. The van der Waals surface area contributed by atoms with Gasteiger partial charge in [0.05, 0.1) is 19.5 Å². The van der Waals surface area contributed by atoms with Crippen LogP contribution in [0.2, 0.25) is 0 Å². The summed E-state index contributed by atoms with van der Waals surface area (Å²) in [6.07, 6.45) is 0.227. The second-order valence-electron chi connectivity index (χ2n) is 14.2. The first kappa shape index (κ1) is 51.9. The second kappa shape index (κ2) is 23.8. The van der Waals surface area contributed by atoms with Crippen LogP contribution in [0.25, 0.3) is 11.2 Å². The van der Waals surface area contributed by atoms with Gasteiger partial charge in [-0.3, -0.25) is 32.5 Å². The number of nitrogens with one attached hydrogen (secondary N) is 2. The molecule has 1 fully saturated rings. The number of hydrogen-bond donors (Lipinski definition) is 10. The number of ether oxygens (including phenoxy) is 1. The molecule has 60 heavy (non-hydrogen) atoms. The first-order chi connectivity index (χ1) is 28.1. The van der Waals surface area contributed by atoms with E-state index in [9.17, 15) is 57.9 Å². The van der Waals surface area contributed by atoms with Crippen LogP contribution in [0.4, 0.5) is 5.82 Å². The Kier molecular flexibility index (Phi) is 20.6.